The van der Waals surface area contributed by atoms with Gasteiger partial charge < -0.3 is 22.2 Å². The van der Waals surface area contributed by atoms with E-state index in [1.54, 1.807) is 0 Å². The van der Waals surface area contributed by atoms with Crippen LogP contribution in [0.15, 0.2) is 0 Å². The topological polar surface area (TPSA) is 104 Å². The van der Waals surface area contributed by atoms with Crippen molar-refractivity contribution in [2.45, 2.75) is 0 Å². The van der Waals surface area contributed by atoms with Crippen molar-refractivity contribution in [3.8, 4) is 0 Å². The molecule has 0 aliphatic carbocycles. The van der Waals surface area contributed by atoms with Crippen molar-refractivity contribution in [2.75, 3.05) is 0 Å². The summed E-state index contributed by atoms with van der Waals surface area (Å²) in [6, 6.07) is 0. The average molecular weight is 272 g/mol. The molecule has 0 saturated carbocycles. The maximum absolute atomic E-state index is 8.24. The van der Waals surface area contributed by atoms with Gasteiger partial charge in [-0.05, 0) is 0 Å². The van der Waals surface area contributed by atoms with Crippen molar-refractivity contribution in [3.63, 3.8) is 0 Å². The third-order valence-electron chi connectivity index (χ3n) is 0. The fraction of sp³-hybridized carbons (Fsp3) is 0. The van der Waals surface area contributed by atoms with Crippen LogP contribution in [0.5, 0.6) is 0 Å². The molecule has 0 rings (SSSR count). The molecule has 0 saturated heterocycles. The predicted molar refractivity (Wildman–Crippen MR) is 18.9 cm³/mol. The van der Waals surface area contributed by atoms with E-state index in [1.165, 1.54) is 0 Å². The summed E-state index contributed by atoms with van der Waals surface area (Å²) in [7, 11) is 0. The summed E-state index contributed by atoms with van der Waals surface area (Å²) in [5.41, 5.74) is 0. The summed E-state index contributed by atoms with van der Waals surface area (Å²) in [5, 5.41) is 6.76. The molecular weight excluding hydrogens is 267 g/mol. The fourth-order valence-electron chi connectivity index (χ4n) is 0. The maximum Gasteiger partial charge on any atom is 0 e. The molecule has 0 radical (unpaired) electrons. The molecule has 0 aliphatic heterocycles. The van der Waals surface area contributed by atoms with Gasteiger partial charge in [0.2, 0.25) is 0 Å². The Morgan fingerprint density at radius 2 is 1.33 bits per heavy atom. The zero-order valence-electron chi connectivity index (χ0n) is 2.83. The Kier molecular flexibility index (Phi) is 439. The normalized spacial score (nSPS) is 2.00. The Hall–Kier alpha value is 0.0783. The number of aliphatic hydroxyl groups excluding tert-OH is 1. The Bertz CT molecular complexity index is 19.0. The monoisotopic (exact) mass is 272 g/mol. The van der Waals surface area contributed by atoms with Gasteiger partial charge in [0.25, 0.3) is 0 Å². The summed E-state index contributed by atoms with van der Waals surface area (Å²) >= 11 is 0. The second-order valence-corrected chi connectivity index (χ2v) is 0.0913. The molecule has 44 valence electrons. The van der Waals surface area contributed by atoms with Gasteiger partial charge in [0.15, 0.2) is 0 Å². The molecule has 5 heteroatoms. The van der Waals surface area contributed by atoms with Crippen LogP contribution in [-0.4, -0.2) is 11.6 Å². The average Bonchev–Trinajstić information content (AvgIpc) is 0.918. The second-order valence-electron chi connectivity index (χ2n) is 0.0913. The minimum Gasteiger partial charge on any atom is -0.693 e. The molecule has 0 aromatic carbocycles. The minimum atomic E-state index is 0. The van der Waals surface area contributed by atoms with Crippen molar-refractivity contribution in [2.24, 2.45) is 0 Å². The molecule has 0 aromatic heterocycles. The van der Waals surface area contributed by atoms with Crippen molar-refractivity contribution in [3.05, 3.63) is 12.3 Å². The van der Waals surface area contributed by atoms with Crippen molar-refractivity contribution in [1.82, 2.24) is 0 Å². The van der Waals surface area contributed by atoms with E-state index in [0.717, 1.165) is 0 Å². The molecule has 0 unspecified atom stereocenters. The quantitative estimate of drug-likeness (QED) is 0.665. The SMILES string of the molecule is O=[C-]O.[NH2-].[NH2-].[Pt]. The third-order valence-corrected chi connectivity index (χ3v) is 0. The molecule has 0 bridgehead atoms. The number of hydrogen-bond acceptors (Lipinski definition) is 1. The Balaban J connectivity index is -0.00000000667. The Labute approximate surface area is 50.4 Å². The van der Waals surface area contributed by atoms with E-state index in [9.17, 15) is 0 Å². The molecule has 0 spiro atoms. The Morgan fingerprint density at radius 3 is 1.33 bits per heavy atom. The van der Waals surface area contributed by atoms with Gasteiger partial charge in [-0.2, -0.15) is 0 Å². The first-order valence-corrected chi connectivity index (χ1v) is 0.428. The molecular formula is CH5N2O2Pt-3. The van der Waals surface area contributed by atoms with E-state index in [4.69, 9.17) is 9.90 Å². The van der Waals surface area contributed by atoms with E-state index >= 15 is 0 Å². The standard InChI is InChI=1S/CHO2.2H2N.Pt/c2-1-3;;;/h(H,2,3);2*1H2;/q3*-1;. The van der Waals surface area contributed by atoms with Gasteiger partial charge in [-0.15, -0.1) is 0 Å². The van der Waals surface area contributed by atoms with Crippen LogP contribution in [0.25, 0.3) is 12.3 Å². The molecule has 0 aromatic rings. The first-order valence-electron chi connectivity index (χ1n) is 0.428. The van der Waals surface area contributed by atoms with Crippen molar-refractivity contribution < 1.29 is 31.0 Å². The van der Waals surface area contributed by atoms with Crippen LogP contribution in [0.4, 0.5) is 0 Å². The van der Waals surface area contributed by atoms with Gasteiger partial charge in [-0.25, -0.2) is 0 Å². The van der Waals surface area contributed by atoms with Gasteiger partial charge in [0, 0.05) is 21.1 Å². The molecule has 4 nitrogen and oxygen atoms in total. The largest absolute Gasteiger partial charge is 0.693 e. The smallest absolute Gasteiger partial charge is 0 e. The van der Waals surface area contributed by atoms with Crippen LogP contribution in [0.1, 0.15) is 0 Å². The van der Waals surface area contributed by atoms with E-state index in [0.29, 0.717) is 6.47 Å². The van der Waals surface area contributed by atoms with Crippen LogP contribution >= 0.6 is 0 Å². The van der Waals surface area contributed by atoms with E-state index in [-0.39, 0.29) is 33.4 Å². The summed E-state index contributed by atoms with van der Waals surface area (Å²) in [5.74, 6) is 0. The predicted octanol–water partition coefficient (Wildman–Crippen LogP) is 1.04. The van der Waals surface area contributed by atoms with Crippen LogP contribution in [0.2, 0.25) is 0 Å². The van der Waals surface area contributed by atoms with E-state index in [2.05, 4.69) is 0 Å². The van der Waals surface area contributed by atoms with Gasteiger partial charge in [-0.3, -0.25) is 0 Å². The first kappa shape index (κ1) is 36.3. The summed E-state index contributed by atoms with van der Waals surface area (Å²) in [6.45, 7) is 0.500. The van der Waals surface area contributed by atoms with Crippen molar-refractivity contribution in [1.29, 1.82) is 0 Å². The van der Waals surface area contributed by atoms with Gasteiger partial charge in [0.1, 0.15) is 0 Å². The molecule has 0 heterocycles. The van der Waals surface area contributed by atoms with Gasteiger partial charge in [0.05, 0.1) is 0 Å². The molecule has 0 atom stereocenters. The first-order chi connectivity index (χ1) is 1.41. The van der Waals surface area contributed by atoms with Gasteiger partial charge >= 0.3 is 0 Å². The minimum absolute atomic E-state index is 0. The summed E-state index contributed by atoms with van der Waals surface area (Å²) in [6.07, 6.45) is 0. The Morgan fingerprint density at radius 1 is 1.33 bits per heavy atom. The van der Waals surface area contributed by atoms with Crippen LogP contribution in [-0.2, 0) is 25.9 Å². The third kappa shape index (κ3) is 6300. The maximum atomic E-state index is 8.24. The fourth-order valence-corrected chi connectivity index (χ4v) is 0. The van der Waals surface area contributed by atoms with E-state index < -0.39 is 0 Å². The van der Waals surface area contributed by atoms with Gasteiger partial charge in [-0.1, -0.05) is 6.47 Å². The van der Waals surface area contributed by atoms with E-state index in [1.807, 2.05) is 0 Å². The molecule has 6 heavy (non-hydrogen) atoms. The zero-order chi connectivity index (χ0) is 2.71. The number of rotatable bonds is 0. The number of hydrogen-bond donors (Lipinski definition) is 1. The van der Waals surface area contributed by atoms with Crippen molar-refractivity contribution >= 4 is 6.47 Å². The summed E-state index contributed by atoms with van der Waals surface area (Å²) < 4.78 is 0. The van der Waals surface area contributed by atoms with Crippen LogP contribution in [0.3, 0.4) is 0 Å². The molecule has 0 fully saturated rings. The molecule has 0 aliphatic rings. The zero-order valence-corrected chi connectivity index (χ0v) is 5.10. The second kappa shape index (κ2) is 72.6. The van der Waals surface area contributed by atoms with Crippen LogP contribution < -0.4 is 0 Å². The number of nitrogens with two attached hydrogens (primary N) is 2. The molecule has 0 amide bonds. The summed E-state index contributed by atoms with van der Waals surface area (Å²) in [4.78, 5) is 8.24. The van der Waals surface area contributed by atoms with Crippen LogP contribution in [0, 0.1) is 0 Å². The molecule has 5 N–H and O–H groups in total.